The molecule has 1 aromatic rings. The van der Waals surface area contributed by atoms with Crippen molar-refractivity contribution < 1.29 is 19.4 Å². The molecular weight excluding hydrogens is 236 g/mol. The number of nitrogens with zero attached hydrogens (tertiary/aromatic N) is 1. The molecule has 2 N–H and O–H groups in total. The highest BCUT2D eigenvalue weighted by Gasteiger charge is 2.15. The van der Waals surface area contributed by atoms with E-state index in [-0.39, 0.29) is 6.10 Å². The van der Waals surface area contributed by atoms with Crippen LogP contribution in [0.25, 0.3) is 0 Å². The molecule has 0 aliphatic carbocycles. The molecule has 0 saturated carbocycles. The molecule has 1 heterocycles. The monoisotopic (exact) mass is 252 g/mol. The number of aromatic nitrogens is 1. The summed E-state index contributed by atoms with van der Waals surface area (Å²) in [5.74, 6) is -1.14. The third kappa shape index (κ3) is 4.04. The van der Waals surface area contributed by atoms with E-state index in [4.69, 9.17) is 9.84 Å². The first kappa shape index (κ1) is 14.0. The largest absolute Gasteiger partial charge is 0.480 e. The van der Waals surface area contributed by atoms with Crippen LogP contribution in [0.5, 0.6) is 5.88 Å². The zero-order valence-corrected chi connectivity index (χ0v) is 10.5. The van der Waals surface area contributed by atoms with E-state index in [2.05, 4.69) is 10.3 Å². The summed E-state index contributed by atoms with van der Waals surface area (Å²) in [6, 6.07) is 2.17. The van der Waals surface area contributed by atoms with E-state index in [0.29, 0.717) is 11.4 Å². The number of carbonyl (C=O) groups is 2. The van der Waals surface area contributed by atoms with Crippen molar-refractivity contribution in [1.29, 1.82) is 0 Å². The molecule has 0 bridgehead atoms. The van der Waals surface area contributed by atoms with Gasteiger partial charge in [0.1, 0.15) is 6.04 Å². The van der Waals surface area contributed by atoms with Crippen LogP contribution in [0.1, 0.15) is 31.1 Å². The molecule has 0 aliphatic heterocycles. The highest BCUT2D eigenvalue weighted by atomic mass is 16.5. The Balaban J connectivity index is 2.67. The molecule has 0 aliphatic rings. The molecule has 0 aromatic carbocycles. The summed E-state index contributed by atoms with van der Waals surface area (Å²) in [5, 5.41) is 11.0. The van der Waals surface area contributed by atoms with E-state index in [1.165, 1.54) is 19.2 Å². The van der Waals surface area contributed by atoms with Gasteiger partial charge in [-0.1, -0.05) is 0 Å². The maximum atomic E-state index is 11.6. The van der Waals surface area contributed by atoms with Gasteiger partial charge in [0.2, 0.25) is 5.88 Å². The number of aliphatic carboxylic acids is 1. The van der Waals surface area contributed by atoms with E-state index >= 15 is 0 Å². The molecule has 6 nitrogen and oxygen atoms in total. The lowest BCUT2D eigenvalue weighted by atomic mass is 10.2. The van der Waals surface area contributed by atoms with Gasteiger partial charge in [-0.3, -0.25) is 9.59 Å². The van der Waals surface area contributed by atoms with Crippen LogP contribution in [0.2, 0.25) is 0 Å². The number of carboxylic acid groups (broad SMARTS) is 1. The minimum Gasteiger partial charge on any atom is -0.480 e. The van der Waals surface area contributed by atoms with Crippen molar-refractivity contribution in [2.24, 2.45) is 0 Å². The van der Waals surface area contributed by atoms with Crippen molar-refractivity contribution in [2.75, 3.05) is 0 Å². The summed E-state index contributed by atoms with van der Waals surface area (Å²) in [7, 11) is 0. The minimum absolute atomic E-state index is 0.00390. The number of amides is 1. The van der Waals surface area contributed by atoms with Crippen molar-refractivity contribution in [3.8, 4) is 5.88 Å². The molecule has 0 saturated heterocycles. The van der Waals surface area contributed by atoms with Gasteiger partial charge in [-0.25, -0.2) is 4.98 Å². The van der Waals surface area contributed by atoms with Crippen LogP contribution in [0, 0.1) is 0 Å². The predicted molar refractivity (Wildman–Crippen MR) is 64.6 cm³/mol. The van der Waals surface area contributed by atoms with E-state index < -0.39 is 17.9 Å². The second kappa shape index (κ2) is 6.00. The molecule has 1 atom stereocenters. The molecule has 1 unspecified atom stereocenters. The summed E-state index contributed by atoms with van der Waals surface area (Å²) < 4.78 is 5.33. The quantitative estimate of drug-likeness (QED) is 0.818. The fourth-order valence-corrected chi connectivity index (χ4v) is 1.17. The normalized spacial score (nSPS) is 12.0. The molecule has 6 heteroatoms. The lowest BCUT2D eigenvalue weighted by molar-refractivity contribution is -0.138. The van der Waals surface area contributed by atoms with Crippen molar-refractivity contribution in [3.63, 3.8) is 0 Å². The molecule has 0 spiro atoms. The molecule has 1 amide bonds. The van der Waals surface area contributed by atoms with Crippen molar-refractivity contribution in [3.05, 3.63) is 23.9 Å². The third-order valence-electron chi connectivity index (χ3n) is 2.07. The third-order valence-corrected chi connectivity index (χ3v) is 2.07. The van der Waals surface area contributed by atoms with Gasteiger partial charge >= 0.3 is 5.97 Å². The van der Waals surface area contributed by atoms with Gasteiger partial charge in [-0.15, -0.1) is 0 Å². The highest BCUT2D eigenvalue weighted by Crippen LogP contribution is 2.09. The predicted octanol–water partition coefficient (Wildman–Crippen LogP) is 1.07. The number of nitrogens with one attached hydrogen (secondary N) is 1. The maximum Gasteiger partial charge on any atom is 0.325 e. The van der Waals surface area contributed by atoms with Gasteiger partial charge in [0.05, 0.1) is 11.7 Å². The topological polar surface area (TPSA) is 88.5 Å². The summed E-state index contributed by atoms with van der Waals surface area (Å²) in [6.07, 6.45) is 1.35. The number of pyridine rings is 1. The van der Waals surface area contributed by atoms with Crippen LogP contribution in [-0.2, 0) is 4.79 Å². The summed E-state index contributed by atoms with van der Waals surface area (Å²) >= 11 is 0. The van der Waals surface area contributed by atoms with E-state index in [1.54, 1.807) is 6.07 Å². The Morgan fingerprint density at radius 2 is 2.00 bits per heavy atom. The molecule has 18 heavy (non-hydrogen) atoms. The first-order valence-electron chi connectivity index (χ1n) is 5.56. The molecular formula is C12H16N2O4. The lowest BCUT2D eigenvalue weighted by Crippen LogP contribution is -2.38. The SMILES string of the molecule is CC(C)Oc1ccc(C(=O)NC(C)C(=O)O)cn1. The van der Waals surface area contributed by atoms with Gasteiger partial charge < -0.3 is 15.2 Å². The Kier molecular flexibility index (Phi) is 4.65. The van der Waals surface area contributed by atoms with Gasteiger partial charge in [0.15, 0.2) is 0 Å². The maximum absolute atomic E-state index is 11.6. The van der Waals surface area contributed by atoms with Crippen LogP contribution in [0.4, 0.5) is 0 Å². The second-order valence-corrected chi connectivity index (χ2v) is 4.09. The molecule has 0 fully saturated rings. The Morgan fingerprint density at radius 1 is 1.33 bits per heavy atom. The van der Waals surface area contributed by atoms with Crippen LogP contribution in [-0.4, -0.2) is 34.1 Å². The number of ether oxygens (including phenoxy) is 1. The van der Waals surface area contributed by atoms with Gasteiger partial charge in [0.25, 0.3) is 5.91 Å². The minimum atomic E-state index is -1.09. The Morgan fingerprint density at radius 3 is 2.44 bits per heavy atom. The van der Waals surface area contributed by atoms with Crippen molar-refractivity contribution >= 4 is 11.9 Å². The Bertz CT molecular complexity index is 428. The van der Waals surface area contributed by atoms with Crippen LogP contribution in [0.3, 0.4) is 0 Å². The first-order chi connectivity index (χ1) is 8.40. The number of carboxylic acids is 1. The van der Waals surface area contributed by atoms with Crippen molar-refractivity contribution in [1.82, 2.24) is 10.3 Å². The Hall–Kier alpha value is -2.11. The number of hydrogen-bond acceptors (Lipinski definition) is 4. The summed E-state index contributed by atoms with van der Waals surface area (Å²) in [4.78, 5) is 26.2. The first-order valence-corrected chi connectivity index (χ1v) is 5.56. The van der Waals surface area contributed by atoms with Crippen LogP contribution in [0.15, 0.2) is 18.3 Å². The van der Waals surface area contributed by atoms with Gasteiger partial charge in [-0.2, -0.15) is 0 Å². The lowest BCUT2D eigenvalue weighted by Gasteiger charge is -2.10. The smallest absolute Gasteiger partial charge is 0.325 e. The van der Waals surface area contributed by atoms with Crippen molar-refractivity contribution in [2.45, 2.75) is 32.9 Å². The van der Waals surface area contributed by atoms with Crippen LogP contribution < -0.4 is 10.1 Å². The fraction of sp³-hybridized carbons (Fsp3) is 0.417. The van der Waals surface area contributed by atoms with E-state index in [9.17, 15) is 9.59 Å². The number of hydrogen-bond donors (Lipinski definition) is 2. The van der Waals surface area contributed by atoms with Gasteiger partial charge in [0, 0.05) is 12.3 Å². The number of rotatable bonds is 5. The Labute approximate surface area is 105 Å². The fourth-order valence-electron chi connectivity index (χ4n) is 1.17. The number of carbonyl (C=O) groups excluding carboxylic acids is 1. The highest BCUT2D eigenvalue weighted by molar-refractivity contribution is 5.96. The summed E-state index contributed by atoms with van der Waals surface area (Å²) in [6.45, 7) is 5.14. The molecule has 1 aromatic heterocycles. The molecule has 1 rings (SSSR count). The molecule has 98 valence electrons. The molecule has 0 radical (unpaired) electrons. The second-order valence-electron chi connectivity index (χ2n) is 4.09. The standard InChI is InChI=1S/C12H16N2O4/c1-7(2)18-10-5-4-9(6-13-10)11(15)14-8(3)12(16)17/h4-8H,1-3H3,(H,14,15)(H,16,17). The van der Waals surface area contributed by atoms with Gasteiger partial charge in [-0.05, 0) is 26.8 Å². The van der Waals surface area contributed by atoms with Crippen LogP contribution >= 0.6 is 0 Å². The summed E-state index contributed by atoms with van der Waals surface area (Å²) in [5.41, 5.74) is 0.291. The zero-order chi connectivity index (χ0) is 13.7. The average molecular weight is 252 g/mol. The zero-order valence-electron chi connectivity index (χ0n) is 10.5. The average Bonchev–Trinajstić information content (AvgIpc) is 2.28. The van der Waals surface area contributed by atoms with E-state index in [0.717, 1.165) is 0 Å². The van der Waals surface area contributed by atoms with E-state index in [1.807, 2.05) is 13.8 Å².